The number of carbonyl (C=O) groups excluding carboxylic acids is 1. The van der Waals surface area contributed by atoms with Crippen LogP contribution in [0.3, 0.4) is 0 Å². The first-order valence-corrected chi connectivity index (χ1v) is 7.04. The highest BCUT2D eigenvalue weighted by molar-refractivity contribution is 5.86. The molecule has 0 saturated heterocycles. The maximum Gasteiger partial charge on any atom is 0.373 e. The summed E-state index contributed by atoms with van der Waals surface area (Å²) in [7, 11) is 1.25. The highest BCUT2D eigenvalue weighted by atomic mass is 16.6. The second-order valence-electron chi connectivity index (χ2n) is 4.69. The van der Waals surface area contributed by atoms with Gasteiger partial charge in [0.15, 0.2) is 0 Å². The van der Waals surface area contributed by atoms with E-state index in [2.05, 4.69) is 4.74 Å². The summed E-state index contributed by atoms with van der Waals surface area (Å²) in [5.74, 6) is 0.984. The molecule has 0 aromatic heterocycles. The van der Waals surface area contributed by atoms with E-state index in [1.54, 1.807) is 6.07 Å². The van der Waals surface area contributed by atoms with Crippen molar-refractivity contribution in [2.75, 3.05) is 13.7 Å². The van der Waals surface area contributed by atoms with Gasteiger partial charge in [0.2, 0.25) is 5.76 Å². The number of esters is 1. The predicted molar refractivity (Wildman–Crippen MR) is 85.5 cm³/mol. The van der Waals surface area contributed by atoms with E-state index in [-0.39, 0.29) is 12.4 Å². The van der Waals surface area contributed by atoms with Gasteiger partial charge in [0, 0.05) is 6.07 Å². The average Bonchev–Trinajstić information content (AvgIpc) is 2.57. The lowest BCUT2D eigenvalue weighted by atomic mass is 10.2. The summed E-state index contributed by atoms with van der Waals surface area (Å²) in [6.45, 7) is 1.51. The molecule has 0 amide bonds. The molecule has 5 nitrogen and oxygen atoms in total. The number of hydrogen-bond donors (Lipinski definition) is 1. The van der Waals surface area contributed by atoms with E-state index >= 15 is 0 Å². The third kappa shape index (κ3) is 4.59. The molecule has 0 spiro atoms. The number of benzene rings is 2. The fraction of sp³-hybridized carbons (Fsp3) is 0.167. The first-order valence-electron chi connectivity index (χ1n) is 7.04. The maximum absolute atomic E-state index is 11.6. The quantitative estimate of drug-likeness (QED) is 0.504. The minimum absolute atomic E-state index is 0.0741. The van der Waals surface area contributed by atoms with Crippen molar-refractivity contribution in [3.63, 3.8) is 0 Å². The molecular weight excluding hydrogens is 296 g/mol. The Morgan fingerprint density at radius 3 is 2.52 bits per heavy atom. The van der Waals surface area contributed by atoms with Crippen molar-refractivity contribution < 1.29 is 24.1 Å². The molecule has 0 bridgehead atoms. The Hall–Kier alpha value is -2.79. The molecule has 0 aliphatic heterocycles. The van der Waals surface area contributed by atoms with Crippen LogP contribution >= 0.6 is 0 Å². The number of rotatable bonds is 6. The number of aryl methyl sites for hydroxylation is 1. The van der Waals surface area contributed by atoms with E-state index in [1.165, 1.54) is 13.2 Å². The van der Waals surface area contributed by atoms with E-state index in [4.69, 9.17) is 14.6 Å². The van der Waals surface area contributed by atoms with E-state index in [9.17, 15) is 4.79 Å². The first kappa shape index (κ1) is 16.6. The normalized spacial score (nSPS) is 11.0. The van der Waals surface area contributed by atoms with Crippen molar-refractivity contribution in [2.24, 2.45) is 0 Å². The fourth-order valence-electron chi connectivity index (χ4n) is 1.85. The van der Waals surface area contributed by atoms with Crippen LogP contribution in [0.5, 0.6) is 17.2 Å². The Bertz CT molecular complexity index is 692. The number of aliphatic hydroxyl groups is 1. The van der Waals surface area contributed by atoms with Gasteiger partial charge in [-0.2, -0.15) is 0 Å². The number of hydrogen-bond acceptors (Lipinski definition) is 5. The maximum atomic E-state index is 11.6. The minimum Gasteiger partial charge on any atom is -0.463 e. The molecule has 2 rings (SSSR count). The summed E-state index contributed by atoms with van der Waals surface area (Å²) in [6, 6.07) is 14.6. The second kappa shape index (κ2) is 8.00. The summed E-state index contributed by atoms with van der Waals surface area (Å²) in [5.41, 5.74) is 0.818. The van der Waals surface area contributed by atoms with Crippen LogP contribution in [0.25, 0.3) is 0 Å². The standard InChI is InChI=1S/C18H18O5/c1-13-8-9-15(22-14-6-4-3-5-7-14)12-17(13)23-16(10-11-19)18(20)21-2/h3-10,12,19H,11H2,1-2H3/b16-10-. The Morgan fingerprint density at radius 1 is 1.13 bits per heavy atom. The van der Waals surface area contributed by atoms with Crippen molar-refractivity contribution in [1.82, 2.24) is 0 Å². The lowest BCUT2D eigenvalue weighted by Crippen LogP contribution is -2.12. The first-order chi connectivity index (χ1) is 11.1. The van der Waals surface area contributed by atoms with Crippen LogP contribution in [0.2, 0.25) is 0 Å². The molecule has 0 unspecified atom stereocenters. The van der Waals surface area contributed by atoms with Gasteiger partial charge in [0.1, 0.15) is 17.2 Å². The van der Waals surface area contributed by atoms with Gasteiger partial charge >= 0.3 is 5.97 Å². The molecule has 0 heterocycles. The number of para-hydroxylation sites is 1. The molecule has 23 heavy (non-hydrogen) atoms. The van der Waals surface area contributed by atoms with Crippen molar-refractivity contribution in [3.8, 4) is 17.2 Å². The molecule has 2 aromatic carbocycles. The number of ether oxygens (including phenoxy) is 3. The molecule has 5 heteroatoms. The summed E-state index contributed by atoms with van der Waals surface area (Å²) >= 11 is 0. The van der Waals surface area contributed by atoms with Crippen molar-refractivity contribution in [2.45, 2.75) is 6.92 Å². The van der Waals surface area contributed by atoms with Gasteiger partial charge in [0.25, 0.3) is 0 Å². The molecule has 0 aliphatic rings. The number of carbonyl (C=O) groups is 1. The lowest BCUT2D eigenvalue weighted by Gasteiger charge is -2.12. The summed E-state index contributed by atoms with van der Waals surface area (Å²) in [6.07, 6.45) is 1.25. The molecular formula is C18H18O5. The van der Waals surface area contributed by atoms with Crippen LogP contribution in [-0.2, 0) is 9.53 Å². The molecule has 0 saturated carbocycles. The zero-order chi connectivity index (χ0) is 16.7. The van der Waals surface area contributed by atoms with Gasteiger partial charge in [-0.05, 0) is 36.8 Å². The zero-order valence-electron chi connectivity index (χ0n) is 13.0. The highest BCUT2D eigenvalue weighted by Gasteiger charge is 2.14. The Labute approximate surface area is 134 Å². The van der Waals surface area contributed by atoms with Gasteiger partial charge in [-0.25, -0.2) is 4.79 Å². The molecule has 2 aromatic rings. The number of methoxy groups -OCH3 is 1. The Kier molecular flexibility index (Phi) is 5.77. The van der Waals surface area contributed by atoms with Crippen molar-refractivity contribution in [1.29, 1.82) is 0 Å². The van der Waals surface area contributed by atoms with Crippen molar-refractivity contribution >= 4 is 5.97 Å². The molecule has 120 valence electrons. The molecule has 0 fully saturated rings. The average molecular weight is 314 g/mol. The smallest absolute Gasteiger partial charge is 0.373 e. The van der Waals surface area contributed by atoms with Crippen LogP contribution < -0.4 is 9.47 Å². The lowest BCUT2D eigenvalue weighted by molar-refractivity contribution is -0.138. The molecule has 1 N–H and O–H groups in total. The summed E-state index contributed by atoms with van der Waals surface area (Å²) in [4.78, 5) is 11.6. The molecule has 0 atom stereocenters. The van der Waals surface area contributed by atoms with E-state index in [0.29, 0.717) is 17.2 Å². The molecule has 0 aliphatic carbocycles. The van der Waals surface area contributed by atoms with Crippen LogP contribution in [0, 0.1) is 6.92 Å². The predicted octanol–water partition coefficient (Wildman–Crippen LogP) is 3.22. The van der Waals surface area contributed by atoms with Gasteiger partial charge < -0.3 is 19.3 Å². The van der Waals surface area contributed by atoms with Crippen LogP contribution in [0.15, 0.2) is 60.4 Å². The Morgan fingerprint density at radius 2 is 1.87 bits per heavy atom. The highest BCUT2D eigenvalue weighted by Crippen LogP contribution is 2.29. The van der Waals surface area contributed by atoms with Crippen LogP contribution in [0.4, 0.5) is 0 Å². The van der Waals surface area contributed by atoms with Crippen LogP contribution in [0.1, 0.15) is 5.56 Å². The zero-order valence-corrected chi connectivity index (χ0v) is 13.0. The topological polar surface area (TPSA) is 65.0 Å². The Balaban J connectivity index is 2.23. The summed E-state index contributed by atoms with van der Waals surface area (Å²) in [5, 5.41) is 8.99. The van der Waals surface area contributed by atoms with Gasteiger partial charge in [-0.3, -0.25) is 0 Å². The van der Waals surface area contributed by atoms with E-state index in [1.807, 2.05) is 49.4 Å². The van der Waals surface area contributed by atoms with Gasteiger partial charge in [0.05, 0.1) is 13.7 Å². The monoisotopic (exact) mass is 314 g/mol. The molecule has 0 radical (unpaired) electrons. The fourth-order valence-corrected chi connectivity index (χ4v) is 1.85. The second-order valence-corrected chi connectivity index (χ2v) is 4.69. The van der Waals surface area contributed by atoms with Gasteiger partial charge in [-0.1, -0.05) is 24.3 Å². The van der Waals surface area contributed by atoms with E-state index in [0.717, 1.165) is 5.56 Å². The van der Waals surface area contributed by atoms with Crippen LogP contribution in [-0.4, -0.2) is 24.8 Å². The SMILES string of the molecule is COC(=O)/C(=C/CO)Oc1cc(Oc2ccccc2)ccc1C. The number of aliphatic hydroxyl groups excluding tert-OH is 1. The third-order valence-corrected chi connectivity index (χ3v) is 3.02. The largest absolute Gasteiger partial charge is 0.463 e. The van der Waals surface area contributed by atoms with E-state index < -0.39 is 5.97 Å². The van der Waals surface area contributed by atoms with Crippen molar-refractivity contribution in [3.05, 3.63) is 65.9 Å². The summed E-state index contributed by atoms with van der Waals surface area (Å²) < 4.78 is 15.9. The third-order valence-electron chi connectivity index (χ3n) is 3.02. The minimum atomic E-state index is -0.659. The van der Waals surface area contributed by atoms with Gasteiger partial charge in [-0.15, -0.1) is 0 Å².